The highest BCUT2D eigenvalue weighted by Crippen LogP contribution is 2.25. The summed E-state index contributed by atoms with van der Waals surface area (Å²) in [7, 11) is 0. The van der Waals surface area contributed by atoms with E-state index in [0.29, 0.717) is 11.7 Å². The molecule has 6 heteroatoms. The molecule has 0 atom stereocenters. The van der Waals surface area contributed by atoms with E-state index in [2.05, 4.69) is 25.3 Å². The molecule has 0 spiro atoms. The van der Waals surface area contributed by atoms with Crippen molar-refractivity contribution >= 4 is 5.82 Å². The van der Waals surface area contributed by atoms with E-state index in [-0.39, 0.29) is 0 Å². The maximum Gasteiger partial charge on any atom is 0.259 e. The summed E-state index contributed by atoms with van der Waals surface area (Å²) in [5.74, 6) is 2.09. The van der Waals surface area contributed by atoms with Gasteiger partial charge >= 0.3 is 0 Å². The summed E-state index contributed by atoms with van der Waals surface area (Å²) in [6, 6.07) is 12.0. The number of aryl methyl sites for hydroxylation is 1. The first-order chi connectivity index (χ1) is 12.3. The van der Waals surface area contributed by atoms with Gasteiger partial charge in [-0.2, -0.15) is 4.98 Å². The average molecular weight is 335 g/mol. The smallest absolute Gasteiger partial charge is 0.259 e. The van der Waals surface area contributed by atoms with E-state index in [0.717, 1.165) is 55.1 Å². The van der Waals surface area contributed by atoms with Crippen LogP contribution in [0.2, 0.25) is 0 Å². The Morgan fingerprint density at radius 2 is 2.00 bits per heavy atom. The molecule has 1 fully saturated rings. The van der Waals surface area contributed by atoms with E-state index < -0.39 is 0 Å². The summed E-state index contributed by atoms with van der Waals surface area (Å²) >= 11 is 0. The third-order valence-electron chi connectivity index (χ3n) is 4.47. The van der Waals surface area contributed by atoms with E-state index in [1.165, 1.54) is 0 Å². The van der Waals surface area contributed by atoms with E-state index in [9.17, 15) is 0 Å². The van der Waals surface area contributed by atoms with Crippen LogP contribution in [0.3, 0.4) is 0 Å². The molecule has 1 aliphatic rings. The first kappa shape index (κ1) is 15.8. The molecule has 0 aliphatic carbocycles. The lowest BCUT2D eigenvalue weighted by Gasteiger charge is -2.20. The van der Waals surface area contributed by atoms with Crippen molar-refractivity contribution in [2.45, 2.75) is 13.3 Å². The molecule has 3 aromatic rings. The predicted molar refractivity (Wildman–Crippen MR) is 97.4 cm³/mol. The van der Waals surface area contributed by atoms with Gasteiger partial charge in [0.05, 0.1) is 5.56 Å². The SMILES string of the molecule is Cc1ccccc1-c1noc(-c2ccc(N3CCCNCC3)nc2)n1. The summed E-state index contributed by atoms with van der Waals surface area (Å²) < 4.78 is 5.44. The molecule has 0 saturated carbocycles. The number of hydrogen-bond donors (Lipinski definition) is 1. The second kappa shape index (κ2) is 7.03. The molecule has 2 aromatic heterocycles. The molecule has 1 N–H and O–H groups in total. The Kier molecular flexibility index (Phi) is 4.43. The minimum atomic E-state index is 0.495. The molecule has 6 nitrogen and oxygen atoms in total. The predicted octanol–water partition coefficient (Wildman–Crippen LogP) is 2.91. The molecule has 3 heterocycles. The van der Waals surface area contributed by atoms with Crippen molar-refractivity contribution in [2.75, 3.05) is 31.1 Å². The maximum absolute atomic E-state index is 5.44. The number of nitrogens with one attached hydrogen (secondary N) is 1. The van der Waals surface area contributed by atoms with E-state index in [1.54, 1.807) is 0 Å². The van der Waals surface area contributed by atoms with Crippen molar-refractivity contribution in [1.29, 1.82) is 0 Å². The molecule has 25 heavy (non-hydrogen) atoms. The Balaban J connectivity index is 1.55. The molecule has 0 radical (unpaired) electrons. The fraction of sp³-hybridized carbons (Fsp3) is 0.316. The zero-order valence-corrected chi connectivity index (χ0v) is 14.3. The molecule has 128 valence electrons. The highest BCUT2D eigenvalue weighted by molar-refractivity contribution is 5.62. The van der Waals surface area contributed by atoms with Crippen LogP contribution in [-0.4, -0.2) is 41.3 Å². The van der Waals surface area contributed by atoms with Crippen LogP contribution in [0, 0.1) is 6.92 Å². The van der Waals surface area contributed by atoms with E-state index >= 15 is 0 Å². The average Bonchev–Trinajstić information content (AvgIpc) is 2.97. The quantitative estimate of drug-likeness (QED) is 0.794. The maximum atomic E-state index is 5.44. The van der Waals surface area contributed by atoms with Crippen molar-refractivity contribution < 1.29 is 4.52 Å². The Morgan fingerprint density at radius 3 is 2.84 bits per heavy atom. The van der Waals surface area contributed by atoms with Crippen LogP contribution in [0.1, 0.15) is 12.0 Å². The first-order valence-electron chi connectivity index (χ1n) is 8.63. The van der Waals surface area contributed by atoms with Crippen molar-refractivity contribution in [3.8, 4) is 22.8 Å². The summed E-state index contributed by atoms with van der Waals surface area (Å²) in [6.07, 6.45) is 2.94. The van der Waals surface area contributed by atoms with Gasteiger partial charge in [0.15, 0.2) is 0 Å². The summed E-state index contributed by atoms with van der Waals surface area (Å²) in [5.41, 5.74) is 2.95. The van der Waals surface area contributed by atoms with Crippen LogP contribution < -0.4 is 10.2 Å². The number of aromatic nitrogens is 3. The number of rotatable bonds is 3. The third-order valence-corrected chi connectivity index (χ3v) is 4.47. The van der Waals surface area contributed by atoms with Gasteiger partial charge in [0.25, 0.3) is 5.89 Å². The number of anilines is 1. The van der Waals surface area contributed by atoms with Crippen LogP contribution in [0.25, 0.3) is 22.8 Å². The number of pyridine rings is 1. The van der Waals surface area contributed by atoms with Gasteiger partial charge in [0.1, 0.15) is 5.82 Å². The molecular weight excluding hydrogens is 314 g/mol. The molecule has 0 unspecified atom stereocenters. The normalized spacial score (nSPS) is 15.2. The summed E-state index contributed by atoms with van der Waals surface area (Å²) in [4.78, 5) is 11.4. The van der Waals surface area contributed by atoms with Gasteiger partial charge in [-0.05, 0) is 37.6 Å². The minimum Gasteiger partial charge on any atom is -0.355 e. The second-order valence-corrected chi connectivity index (χ2v) is 6.23. The van der Waals surface area contributed by atoms with Gasteiger partial charge in [0, 0.05) is 31.4 Å². The largest absolute Gasteiger partial charge is 0.355 e. The third kappa shape index (κ3) is 3.39. The zero-order valence-electron chi connectivity index (χ0n) is 14.3. The van der Waals surface area contributed by atoms with Gasteiger partial charge in [-0.3, -0.25) is 0 Å². The summed E-state index contributed by atoms with van der Waals surface area (Å²) in [6.45, 7) is 6.10. The standard InChI is InChI=1S/C19H21N5O/c1-14-5-2-3-6-16(14)18-22-19(25-23-18)15-7-8-17(21-13-15)24-11-4-9-20-10-12-24/h2-3,5-8,13,20H,4,9-12H2,1H3. The Morgan fingerprint density at radius 1 is 1.08 bits per heavy atom. The lowest BCUT2D eigenvalue weighted by molar-refractivity contribution is 0.432. The van der Waals surface area contributed by atoms with Crippen LogP contribution >= 0.6 is 0 Å². The van der Waals surface area contributed by atoms with Crippen molar-refractivity contribution in [3.05, 3.63) is 48.2 Å². The van der Waals surface area contributed by atoms with Gasteiger partial charge in [-0.15, -0.1) is 0 Å². The van der Waals surface area contributed by atoms with Crippen LogP contribution in [-0.2, 0) is 0 Å². The van der Waals surface area contributed by atoms with Crippen molar-refractivity contribution in [3.63, 3.8) is 0 Å². The Bertz CT molecular complexity index is 835. The number of benzene rings is 1. The van der Waals surface area contributed by atoms with Crippen LogP contribution in [0.5, 0.6) is 0 Å². The van der Waals surface area contributed by atoms with Gasteiger partial charge in [-0.1, -0.05) is 29.4 Å². The number of nitrogens with zero attached hydrogens (tertiary/aromatic N) is 4. The van der Waals surface area contributed by atoms with Gasteiger partial charge < -0.3 is 14.7 Å². The molecule has 1 aromatic carbocycles. The molecule has 0 amide bonds. The lowest BCUT2D eigenvalue weighted by atomic mass is 10.1. The van der Waals surface area contributed by atoms with Gasteiger partial charge in [-0.25, -0.2) is 4.98 Å². The topological polar surface area (TPSA) is 67.1 Å². The van der Waals surface area contributed by atoms with Crippen molar-refractivity contribution in [2.24, 2.45) is 0 Å². The molecular formula is C19H21N5O. The second-order valence-electron chi connectivity index (χ2n) is 6.23. The zero-order chi connectivity index (χ0) is 17.1. The Hall–Kier alpha value is -2.73. The van der Waals surface area contributed by atoms with Crippen LogP contribution in [0.4, 0.5) is 5.82 Å². The van der Waals surface area contributed by atoms with E-state index in [1.807, 2.05) is 49.5 Å². The Labute approximate surface area is 146 Å². The van der Waals surface area contributed by atoms with Gasteiger partial charge in [0.2, 0.25) is 5.82 Å². The first-order valence-corrected chi connectivity index (χ1v) is 8.63. The molecule has 4 rings (SSSR count). The van der Waals surface area contributed by atoms with E-state index in [4.69, 9.17) is 4.52 Å². The lowest BCUT2D eigenvalue weighted by Crippen LogP contribution is -2.28. The minimum absolute atomic E-state index is 0.495. The molecule has 1 saturated heterocycles. The van der Waals surface area contributed by atoms with Crippen LogP contribution in [0.15, 0.2) is 47.1 Å². The fourth-order valence-corrected chi connectivity index (χ4v) is 3.05. The molecule has 1 aliphatic heterocycles. The monoisotopic (exact) mass is 335 g/mol. The fourth-order valence-electron chi connectivity index (χ4n) is 3.05. The highest BCUT2D eigenvalue weighted by atomic mass is 16.5. The highest BCUT2D eigenvalue weighted by Gasteiger charge is 2.14. The van der Waals surface area contributed by atoms with Crippen molar-refractivity contribution in [1.82, 2.24) is 20.4 Å². The molecule has 0 bridgehead atoms. The summed E-state index contributed by atoms with van der Waals surface area (Å²) in [5, 5.41) is 7.52. The number of hydrogen-bond acceptors (Lipinski definition) is 6.